The Labute approximate surface area is 220 Å². The van der Waals surface area contributed by atoms with Gasteiger partial charge < -0.3 is 25.2 Å². The van der Waals surface area contributed by atoms with Crippen LogP contribution in [-0.2, 0) is 32.7 Å². The van der Waals surface area contributed by atoms with E-state index in [1.807, 2.05) is 6.92 Å². The summed E-state index contributed by atoms with van der Waals surface area (Å²) in [5.41, 5.74) is 0. The molecule has 37 heavy (non-hydrogen) atoms. The number of phosphoric ester groups is 1. The van der Waals surface area contributed by atoms with Crippen molar-refractivity contribution < 1.29 is 47.8 Å². The third-order valence-corrected chi connectivity index (χ3v) is 6.24. The number of hydrogen-bond donors (Lipinski definition) is 4. The molecule has 0 spiro atoms. The summed E-state index contributed by atoms with van der Waals surface area (Å²) in [4.78, 5) is 44.6. The van der Waals surface area contributed by atoms with E-state index in [0.29, 0.717) is 12.8 Å². The van der Waals surface area contributed by atoms with Crippen LogP contribution in [0.4, 0.5) is 0 Å². The van der Waals surface area contributed by atoms with E-state index in [9.17, 15) is 34.1 Å². The molecule has 0 aliphatic rings. The SMILES string of the molecule is CCC/C=C\CCCCCCCC(=O)OCC(O)COP(=O)(O)OCC(NC(=O)CCCCC)C(=O)O. The van der Waals surface area contributed by atoms with Gasteiger partial charge in [0, 0.05) is 12.8 Å². The van der Waals surface area contributed by atoms with Crippen molar-refractivity contribution in [3.63, 3.8) is 0 Å². The minimum atomic E-state index is -4.72. The summed E-state index contributed by atoms with van der Waals surface area (Å²) >= 11 is 0. The van der Waals surface area contributed by atoms with Gasteiger partial charge in [0.15, 0.2) is 6.04 Å². The minimum absolute atomic E-state index is 0.132. The predicted octanol–water partition coefficient (Wildman–Crippen LogP) is 4.26. The van der Waals surface area contributed by atoms with Gasteiger partial charge in [-0.2, -0.15) is 0 Å². The number of unbranched alkanes of at least 4 members (excludes halogenated alkanes) is 8. The van der Waals surface area contributed by atoms with E-state index in [4.69, 9.17) is 4.74 Å². The highest BCUT2D eigenvalue weighted by Gasteiger charge is 2.28. The maximum Gasteiger partial charge on any atom is 0.472 e. The fraction of sp³-hybridized carbons (Fsp3) is 0.800. The van der Waals surface area contributed by atoms with Crippen LogP contribution in [0.25, 0.3) is 0 Å². The summed E-state index contributed by atoms with van der Waals surface area (Å²) in [7, 11) is -4.72. The van der Waals surface area contributed by atoms with Gasteiger partial charge in [-0.05, 0) is 32.1 Å². The van der Waals surface area contributed by atoms with Gasteiger partial charge in [-0.1, -0.05) is 64.5 Å². The second-order valence-electron chi connectivity index (χ2n) is 8.88. The van der Waals surface area contributed by atoms with Gasteiger partial charge in [0.1, 0.15) is 12.7 Å². The van der Waals surface area contributed by atoms with Crippen LogP contribution in [0.15, 0.2) is 12.2 Å². The number of carbonyl (C=O) groups is 3. The van der Waals surface area contributed by atoms with Crippen LogP contribution >= 0.6 is 7.82 Å². The Morgan fingerprint density at radius 3 is 2.14 bits per heavy atom. The molecule has 0 rings (SSSR count). The highest BCUT2D eigenvalue weighted by Crippen LogP contribution is 2.43. The summed E-state index contributed by atoms with van der Waals surface area (Å²) < 4.78 is 26.2. The van der Waals surface area contributed by atoms with E-state index in [1.54, 1.807) is 0 Å². The Morgan fingerprint density at radius 1 is 0.838 bits per heavy atom. The Bertz CT molecular complexity index is 716. The monoisotopic (exact) mass is 551 g/mol. The van der Waals surface area contributed by atoms with Crippen molar-refractivity contribution in [2.45, 2.75) is 109 Å². The molecule has 0 saturated heterocycles. The second-order valence-corrected chi connectivity index (χ2v) is 10.3. The number of aliphatic hydroxyl groups is 1. The molecule has 216 valence electrons. The third-order valence-electron chi connectivity index (χ3n) is 5.29. The van der Waals surface area contributed by atoms with Crippen LogP contribution in [0.2, 0.25) is 0 Å². The number of carboxylic acid groups (broad SMARTS) is 1. The van der Waals surface area contributed by atoms with Crippen LogP contribution in [0.3, 0.4) is 0 Å². The average molecular weight is 552 g/mol. The number of nitrogens with one attached hydrogen (secondary N) is 1. The molecule has 1 amide bonds. The molecule has 0 aliphatic heterocycles. The molecule has 0 bridgehead atoms. The molecular formula is C25H46NO10P. The lowest BCUT2D eigenvalue weighted by molar-refractivity contribution is -0.147. The molecule has 4 N–H and O–H groups in total. The molecule has 11 nitrogen and oxygen atoms in total. The average Bonchev–Trinajstić information content (AvgIpc) is 2.85. The Kier molecular flexibility index (Phi) is 21.2. The number of carboxylic acids is 1. The van der Waals surface area contributed by atoms with Crippen LogP contribution in [-0.4, -0.2) is 64.9 Å². The standard InChI is InChI=1S/C25H46NO10P/c1-3-5-7-8-9-10-11-12-13-15-17-24(29)34-18-21(27)19-35-37(32,33)36-20-22(25(30)31)26-23(28)16-14-6-4-2/h7-8,21-22,27H,3-6,9-20H2,1-2H3,(H,26,28)(H,30,31)(H,32,33)/b8-7-. The third kappa shape index (κ3) is 22.0. The molecule has 12 heteroatoms. The van der Waals surface area contributed by atoms with E-state index in [1.165, 1.54) is 0 Å². The van der Waals surface area contributed by atoms with Gasteiger partial charge in [-0.3, -0.25) is 18.6 Å². The number of amides is 1. The molecule has 3 atom stereocenters. The highest BCUT2D eigenvalue weighted by molar-refractivity contribution is 7.47. The van der Waals surface area contributed by atoms with Crippen molar-refractivity contribution in [3.05, 3.63) is 12.2 Å². The lowest BCUT2D eigenvalue weighted by Gasteiger charge is -2.18. The lowest BCUT2D eigenvalue weighted by atomic mass is 10.1. The van der Waals surface area contributed by atoms with Crippen molar-refractivity contribution in [1.82, 2.24) is 5.32 Å². The van der Waals surface area contributed by atoms with Crippen molar-refractivity contribution in [3.8, 4) is 0 Å². The number of phosphoric acid groups is 1. The first-order chi connectivity index (χ1) is 17.6. The molecule has 0 radical (unpaired) electrons. The van der Waals surface area contributed by atoms with Crippen LogP contribution < -0.4 is 5.32 Å². The number of carbonyl (C=O) groups excluding carboxylic acids is 2. The summed E-state index contributed by atoms with van der Waals surface area (Å²) in [5.74, 6) is -2.43. The number of esters is 1. The maximum atomic E-state index is 12.0. The number of ether oxygens (including phenoxy) is 1. The predicted molar refractivity (Wildman–Crippen MR) is 139 cm³/mol. The highest BCUT2D eigenvalue weighted by atomic mass is 31.2. The number of aliphatic carboxylic acids is 1. The van der Waals surface area contributed by atoms with Gasteiger partial charge >= 0.3 is 19.8 Å². The van der Waals surface area contributed by atoms with Crippen molar-refractivity contribution in [2.75, 3.05) is 19.8 Å². The zero-order chi connectivity index (χ0) is 27.9. The molecule has 0 aromatic heterocycles. The molecule has 0 fully saturated rings. The van der Waals surface area contributed by atoms with E-state index < -0.39 is 57.6 Å². The number of aliphatic hydroxyl groups excluding tert-OH is 1. The van der Waals surface area contributed by atoms with Gasteiger partial charge in [0.05, 0.1) is 13.2 Å². The van der Waals surface area contributed by atoms with E-state index >= 15 is 0 Å². The van der Waals surface area contributed by atoms with Gasteiger partial charge in [0.25, 0.3) is 0 Å². The zero-order valence-corrected chi connectivity index (χ0v) is 23.2. The minimum Gasteiger partial charge on any atom is -0.480 e. The summed E-state index contributed by atoms with van der Waals surface area (Å²) in [6, 6.07) is -1.54. The van der Waals surface area contributed by atoms with E-state index in [0.717, 1.165) is 57.8 Å². The van der Waals surface area contributed by atoms with Crippen LogP contribution in [0.5, 0.6) is 0 Å². The topological polar surface area (TPSA) is 169 Å². The summed E-state index contributed by atoms with van der Waals surface area (Å²) in [6.07, 6.45) is 13.9. The molecule has 0 aliphatic carbocycles. The van der Waals surface area contributed by atoms with Crippen LogP contribution in [0, 0.1) is 0 Å². The number of allylic oxidation sites excluding steroid dienone is 2. The molecular weight excluding hydrogens is 505 g/mol. The fourth-order valence-electron chi connectivity index (χ4n) is 3.14. The van der Waals surface area contributed by atoms with E-state index in [2.05, 4.69) is 33.4 Å². The van der Waals surface area contributed by atoms with Gasteiger partial charge in [-0.25, -0.2) is 9.36 Å². The summed E-state index contributed by atoms with van der Waals surface area (Å²) in [5, 5.41) is 21.3. The van der Waals surface area contributed by atoms with Crippen LogP contribution in [0.1, 0.15) is 97.3 Å². The normalized spacial score (nSPS) is 14.7. The Morgan fingerprint density at radius 2 is 1.46 bits per heavy atom. The molecule has 0 heterocycles. The first-order valence-electron chi connectivity index (χ1n) is 13.2. The summed E-state index contributed by atoms with van der Waals surface area (Å²) in [6.45, 7) is 2.21. The first kappa shape index (κ1) is 35.2. The molecule has 0 aromatic rings. The molecule has 3 unspecified atom stereocenters. The lowest BCUT2D eigenvalue weighted by Crippen LogP contribution is -2.43. The Balaban J connectivity index is 4.05. The first-order valence-corrected chi connectivity index (χ1v) is 14.7. The van der Waals surface area contributed by atoms with E-state index in [-0.39, 0.29) is 12.8 Å². The zero-order valence-electron chi connectivity index (χ0n) is 22.3. The van der Waals surface area contributed by atoms with Crippen molar-refractivity contribution in [1.29, 1.82) is 0 Å². The smallest absolute Gasteiger partial charge is 0.472 e. The van der Waals surface area contributed by atoms with Crippen molar-refractivity contribution in [2.24, 2.45) is 0 Å². The molecule has 0 saturated carbocycles. The van der Waals surface area contributed by atoms with Gasteiger partial charge in [-0.15, -0.1) is 0 Å². The fourth-order valence-corrected chi connectivity index (χ4v) is 3.91. The van der Waals surface area contributed by atoms with Crippen molar-refractivity contribution >= 4 is 25.7 Å². The number of hydrogen-bond acceptors (Lipinski definition) is 8. The maximum absolute atomic E-state index is 12.0. The largest absolute Gasteiger partial charge is 0.480 e. The molecule has 0 aromatic carbocycles. The number of rotatable bonds is 24. The van der Waals surface area contributed by atoms with Gasteiger partial charge in [0.2, 0.25) is 5.91 Å². The Hall–Kier alpha value is -1.78. The second kappa shape index (κ2) is 22.2. The quantitative estimate of drug-likeness (QED) is 0.0588.